The molecule has 0 unspecified atom stereocenters. The van der Waals surface area contributed by atoms with Crippen LogP contribution in [0.3, 0.4) is 0 Å². The van der Waals surface area contributed by atoms with E-state index in [1.54, 1.807) is 0 Å². The third-order valence-corrected chi connectivity index (χ3v) is 3.59. The van der Waals surface area contributed by atoms with Crippen LogP contribution in [0, 0.1) is 5.92 Å². The minimum Gasteiger partial charge on any atom is -0.494 e. The molecule has 0 saturated heterocycles. The van der Waals surface area contributed by atoms with Crippen molar-refractivity contribution in [1.29, 1.82) is 0 Å². The first-order valence-corrected chi connectivity index (χ1v) is 7.29. The minimum absolute atomic E-state index is 0.231. The molecule has 0 heterocycles. The Balaban J connectivity index is 1.69. The summed E-state index contributed by atoms with van der Waals surface area (Å²) in [7, 11) is 0. The van der Waals surface area contributed by atoms with Gasteiger partial charge in [-0.2, -0.15) is 0 Å². The maximum Gasteiger partial charge on any atom is 0.223 e. The van der Waals surface area contributed by atoms with E-state index in [2.05, 4.69) is 24.4 Å². The van der Waals surface area contributed by atoms with Crippen LogP contribution in [0.15, 0.2) is 24.3 Å². The van der Waals surface area contributed by atoms with Crippen LogP contribution in [-0.4, -0.2) is 19.1 Å². The maximum atomic E-state index is 11.7. The summed E-state index contributed by atoms with van der Waals surface area (Å²) >= 11 is 0. The molecule has 104 valence electrons. The average molecular weight is 261 g/mol. The summed E-state index contributed by atoms with van der Waals surface area (Å²) in [6.07, 6.45) is 5.24. The molecular weight excluding hydrogens is 238 g/mol. The van der Waals surface area contributed by atoms with Gasteiger partial charge in [-0.3, -0.25) is 4.79 Å². The molecular formula is C16H23NO2. The molecule has 3 heteroatoms. The van der Waals surface area contributed by atoms with Crippen LogP contribution in [0.2, 0.25) is 0 Å². The molecule has 1 saturated carbocycles. The van der Waals surface area contributed by atoms with Crippen molar-refractivity contribution in [3.8, 4) is 5.75 Å². The van der Waals surface area contributed by atoms with Crippen LogP contribution in [0.1, 0.15) is 38.2 Å². The smallest absolute Gasteiger partial charge is 0.223 e. The van der Waals surface area contributed by atoms with Crippen LogP contribution in [0.5, 0.6) is 5.75 Å². The second kappa shape index (κ2) is 7.17. The average Bonchev–Trinajstić information content (AvgIpc) is 2.36. The highest BCUT2D eigenvalue weighted by Gasteiger charge is 2.24. The van der Waals surface area contributed by atoms with E-state index in [0.717, 1.165) is 44.6 Å². The normalized spacial score (nSPS) is 14.8. The Morgan fingerprint density at radius 1 is 1.32 bits per heavy atom. The molecule has 1 N–H and O–H groups in total. The molecule has 1 aromatic rings. The van der Waals surface area contributed by atoms with Crippen LogP contribution < -0.4 is 10.1 Å². The molecule has 0 bridgehead atoms. The predicted molar refractivity (Wildman–Crippen MR) is 76.3 cm³/mol. The first-order valence-electron chi connectivity index (χ1n) is 7.29. The van der Waals surface area contributed by atoms with Gasteiger partial charge >= 0.3 is 0 Å². The Morgan fingerprint density at radius 2 is 2.05 bits per heavy atom. The lowest BCUT2D eigenvalue weighted by molar-refractivity contribution is -0.127. The van der Waals surface area contributed by atoms with E-state index in [1.165, 1.54) is 12.0 Å². The Bertz CT molecular complexity index is 396. The fourth-order valence-corrected chi connectivity index (χ4v) is 2.12. The number of rotatable bonds is 7. The summed E-state index contributed by atoms with van der Waals surface area (Å²) < 4.78 is 5.54. The highest BCUT2D eigenvalue weighted by atomic mass is 16.5. The Kier molecular flexibility index (Phi) is 5.25. The maximum absolute atomic E-state index is 11.7. The number of ether oxygens (including phenoxy) is 1. The fourth-order valence-electron chi connectivity index (χ4n) is 2.12. The van der Waals surface area contributed by atoms with Gasteiger partial charge in [0.25, 0.3) is 0 Å². The molecule has 1 amide bonds. The second-order valence-electron chi connectivity index (χ2n) is 5.16. The highest BCUT2D eigenvalue weighted by Crippen LogP contribution is 2.26. The third kappa shape index (κ3) is 4.27. The molecule has 0 aliphatic heterocycles. The molecule has 1 aliphatic rings. The van der Waals surface area contributed by atoms with Gasteiger partial charge < -0.3 is 10.1 Å². The Hall–Kier alpha value is -1.51. The zero-order valence-corrected chi connectivity index (χ0v) is 11.7. The van der Waals surface area contributed by atoms with E-state index in [4.69, 9.17) is 4.74 Å². The van der Waals surface area contributed by atoms with E-state index >= 15 is 0 Å². The van der Waals surface area contributed by atoms with Gasteiger partial charge in [0.1, 0.15) is 5.75 Å². The number of benzene rings is 1. The van der Waals surface area contributed by atoms with Crippen molar-refractivity contribution in [2.75, 3.05) is 13.2 Å². The molecule has 0 radical (unpaired) electrons. The number of hydrogen-bond donors (Lipinski definition) is 1. The predicted octanol–water partition coefficient (Wildman–Crippen LogP) is 2.93. The van der Waals surface area contributed by atoms with Crippen molar-refractivity contribution < 1.29 is 9.53 Å². The molecule has 0 spiro atoms. The van der Waals surface area contributed by atoms with Crippen molar-refractivity contribution in [2.45, 2.75) is 39.0 Å². The lowest BCUT2D eigenvalue weighted by atomic mass is 9.85. The van der Waals surface area contributed by atoms with Crippen LogP contribution in [0.25, 0.3) is 0 Å². The molecule has 3 nitrogen and oxygen atoms in total. The van der Waals surface area contributed by atoms with E-state index < -0.39 is 0 Å². The lowest BCUT2D eigenvalue weighted by Gasteiger charge is -2.24. The SMILES string of the molecule is CCCOc1ccc(CCNC(=O)C2CCC2)cc1. The zero-order valence-electron chi connectivity index (χ0n) is 11.7. The van der Waals surface area contributed by atoms with E-state index in [-0.39, 0.29) is 11.8 Å². The third-order valence-electron chi connectivity index (χ3n) is 3.59. The number of hydrogen-bond acceptors (Lipinski definition) is 2. The molecule has 2 rings (SSSR count). The van der Waals surface area contributed by atoms with Crippen molar-refractivity contribution in [3.63, 3.8) is 0 Å². The fraction of sp³-hybridized carbons (Fsp3) is 0.562. The van der Waals surface area contributed by atoms with Crippen molar-refractivity contribution in [3.05, 3.63) is 29.8 Å². The summed E-state index contributed by atoms with van der Waals surface area (Å²) in [5.74, 6) is 1.43. The van der Waals surface area contributed by atoms with Gasteiger partial charge in [-0.15, -0.1) is 0 Å². The first-order chi connectivity index (χ1) is 9.29. The van der Waals surface area contributed by atoms with Crippen LogP contribution >= 0.6 is 0 Å². The van der Waals surface area contributed by atoms with Gasteiger partial charge in [0, 0.05) is 12.5 Å². The van der Waals surface area contributed by atoms with E-state index in [9.17, 15) is 4.79 Å². The highest BCUT2D eigenvalue weighted by molar-refractivity contribution is 5.79. The Labute approximate surface area is 115 Å². The number of nitrogens with one attached hydrogen (secondary N) is 1. The summed E-state index contributed by atoms with van der Waals surface area (Å²) in [5.41, 5.74) is 1.23. The van der Waals surface area contributed by atoms with E-state index in [1.807, 2.05) is 12.1 Å². The summed E-state index contributed by atoms with van der Waals surface area (Å²) in [6, 6.07) is 8.14. The topological polar surface area (TPSA) is 38.3 Å². The first kappa shape index (κ1) is 13.9. The molecule has 0 atom stereocenters. The molecule has 1 fully saturated rings. The van der Waals surface area contributed by atoms with Crippen molar-refractivity contribution >= 4 is 5.91 Å². The molecule has 0 aromatic heterocycles. The van der Waals surface area contributed by atoms with Crippen LogP contribution in [0.4, 0.5) is 0 Å². The van der Waals surface area contributed by atoms with E-state index in [0.29, 0.717) is 0 Å². The largest absolute Gasteiger partial charge is 0.494 e. The molecule has 1 aromatic carbocycles. The summed E-state index contributed by atoms with van der Waals surface area (Å²) in [4.78, 5) is 11.7. The Morgan fingerprint density at radius 3 is 2.63 bits per heavy atom. The van der Waals surface area contributed by atoms with Gasteiger partial charge in [0.2, 0.25) is 5.91 Å². The van der Waals surface area contributed by atoms with Gasteiger partial charge in [-0.25, -0.2) is 0 Å². The standard InChI is InChI=1S/C16H23NO2/c1-2-12-19-15-8-6-13(7-9-15)10-11-17-16(18)14-4-3-5-14/h6-9,14H,2-5,10-12H2,1H3,(H,17,18). The minimum atomic E-state index is 0.231. The monoisotopic (exact) mass is 261 g/mol. The van der Waals surface area contributed by atoms with Crippen molar-refractivity contribution in [2.24, 2.45) is 5.92 Å². The van der Waals surface area contributed by atoms with Crippen molar-refractivity contribution in [1.82, 2.24) is 5.32 Å². The number of amides is 1. The number of carbonyl (C=O) groups is 1. The van der Waals surface area contributed by atoms with Gasteiger partial charge in [0.15, 0.2) is 0 Å². The van der Waals surface area contributed by atoms with Gasteiger partial charge in [0.05, 0.1) is 6.61 Å². The van der Waals surface area contributed by atoms with Gasteiger partial charge in [-0.1, -0.05) is 25.5 Å². The second-order valence-corrected chi connectivity index (χ2v) is 5.16. The summed E-state index contributed by atoms with van der Waals surface area (Å²) in [6.45, 7) is 3.58. The molecule has 19 heavy (non-hydrogen) atoms. The zero-order chi connectivity index (χ0) is 13.5. The quantitative estimate of drug-likeness (QED) is 0.819. The number of carbonyl (C=O) groups excluding carboxylic acids is 1. The summed E-state index contributed by atoms with van der Waals surface area (Å²) in [5, 5.41) is 3.01. The lowest BCUT2D eigenvalue weighted by Crippen LogP contribution is -2.35. The molecule has 1 aliphatic carbocycles. The van der Waals surface area contributed by atoms with Gasteiger partial charge in [-0.05, 0) is 43.4 Å². The van der Waals surface area contributed by atoms with Crippen LogP contribution in [-0.2, 0) is 11.2 Å².